The van der Waals surface area contributed by atoms with Crippen LogP contribution in [0.25, 0.3) is 0 Å². The van der Waals surface area contributed by atoms with Gasteiger partial charge in [-0.05, 0) is 17.7 Å². The maximum absolute atomic E-state index is 13.7. The predicted molar refractivity (Wildman–Crippen MR) is 100 cm³/mol. The summed E-state index contributed by atoms with van der Waals surface area (Å²) in [6, 6.07) is 11.7. The summed E-state index contributed by atoms with van der Waals surface area (Å²) >= 11 is 0. The summed E-state index contributed by atoms with van der Waals surface area (Å²) < 4.78 is 41.9. The molecule has 0 fully saturated rings. The molecule has 9 heteroatoms. The van der Waals surface area contributed by atoms with Gasteiger partial charge in [0, 0.05) is 12.6 Å². The number of nitrogens with one attached hydrogen (secondary N) is 2. The molecule has 1 aliphatic rings. The number of carbonyl (C=O) groups excluding carboxylic acids is 1. The number of hydrogen-bond acceptors (Lipinski definition) is 4. The summed E-state index contributed by atoms with van der Waals surface area (Å²) in [4.78, 5) is 16.8. The van der Waals surface area contributed by atoms with Crippen LogP contribution in [0.5, 0.6) is 0 Å². The van der Waals surface area contributed by atoms with Crippen molar-refractivity contribution in [3.8, 4) is 0 Å². The first-order valence-electron chi connectivity index (χ1n) is 9.07. The lowest BCUT2D eigenvalue weighted by Crippen LogP contribution is -2.36. The fourth-order valence-corrected chi connectivity index (χ4v) is 3.40. The third-order valence-corrected chi connectivity index (χ3v) is 4.84. The van der Waals surface area contributed by atoms with E-state index in [1.807, 2.05) is 0 Å². The van der Waals surface area contributed by atoms with Crippen LogP contribution in [0.4, 0.5) is 19.0 Å². The van der Waals surface area contributed by atoms with Crippen molar-refractivity contribution in [1.29, 1.82) is 0 Å². The van der Waals surface area contributed by atoms with E-state index in [4.69, 9.17) is 0 Å². The minimum absolute atomic E-state index is 0.0611. The Morgan fingerprint density at radius 2 is 1.93 bits per heavy atom. The molecule has 3 aromatic rings. The van der Waals surface area contributed by atoms with E-state index in [-0.39, 0.29) is 24.3 Å². The van der Waals surface area contributed by atoms with Crippen LogP contribution in [0, 0.1) is 0 Å². The summed E-state index contributed by atoms with van der Waals surface area (Å²) in [5, 5.41) is 9.62. The van der Waals surface area contributed by atoms with Crippen LogP contribution in [0.1, 0.15) is 40.1 Å². The maximum atomic E-state index is 13.7. The van der Waals surface area contributed by atoms with E-state index in [0.29, 0.717) is 11.3 Å². The molecule has 3 heterocycles. The standard InChI is InChI=1S/C20H18F3N5O/c21-20(22,23)17-10-16(13-6-2-1-3-7-13)27-18-15(12-26-28(17)18)19(29)25-11-14-8-4-5-9-24-14/h1-9,12,16-17,27H,10-11H2,(H,25,29)/t16-,17-/m1/s1. The molecular formula is C20H18F3N5O. The summed E-state index contributed by atoms with van der Waals surface area (Å²) in [5.41, 5.74) is 1.43. The van der Waals surface area contributed by atoms with Gasteiger partial charge < -0.3 is 10.6 Å². The Kier molecular flexibility index (Phi) is 4.96. The van der Waals surface area contributed by atoms with Crippen molar-refractivity contribution >= 4 is 11.7 Å². The van der Waals surface area contributed by atoms with E-state index in [2.05, 4.69) is 20.7 Å². The fourth-order valence-electron chi connectivity index (χ4n) is 3.40. The summed E-state index contributed by atoms with van der Waals surface area (Å²) in [6.07, 6.45) is -1.93. The molecule has 1 amide bonds. The smallest absolute Gasteiger partial charge is 0.363 e. The summed E-state index contributed by atoms with van der Waals surface area (Å²) in [6.45, 7) is 0.162. The number of aromatic nitrogens is 3. The normalized spacial score (nSPS) is 18.6. The lowest BCUT2D eigenvalue weighted by atomic mass is 9.96. The third kappa shape index (κ3) is 3.94. The average molecular weight is 401 g/mol. The van der Waals surface area contributed by atoms with E-state index < -0.39 is 24.2 Å². The van der Waals surface area contributed by atoms with Gasteiger partial charge in [-0.25, -0.2) is 4.68 Å². The van der Waals surface area contributed by atoms with Crippen LogP contribution in [-0.4, -0.2) is 26.8 Å². The zero-order valence-corrected chi connectivity index (χ0v) is 15.2. The number of hydrogen-bond donors (Lipinski definition) is 2. The SMILES string of the molecule is O=C(NCc1ccccn1)c1cnn2c1N[C@@H](c1ccccc1)C[C@@H]2C(F)(F)F. The van der Waals surface area contributed by atoms with Gasteiger partial charge in [0.25, 0.3) is 5.91 Å². The average Bonchev–Trinajstić information content (AvgIpc) is 3.16. The van der Waals surface area contributed by atoms with Crippen molar-refractivity contribution in [2.75, 3.05) is 5.32 Å². The Balaban J connectivity index is 1.62. The number of benzene rings is 1. The fraction of sp³-hybridized carbons (Fsp3) is 0.250. The van der Waals surface area contributed by atoms with Crippen LogP contribution >= 0.6 is 0 Å². The molecule has 2 aromatic heterocycles. The van der Waals surface area contributed by atoms with Gasteiger partial charge in [-0.1, -0.05) is 36.4 Å². The quantitative estimate of drug-likeness (QED) is 0.696. The second kappa shape index (κ2) is 7.57. The Morgan fingerprint density at radius 1 is 1.17 bits per heavy atom. The van der Waals surface area contributed by atoms with Crippen molar-refractivity contribution in [2.24, 2.45) is 0 Å². The van der Waals surface area contributed by atoms with Gasteiger partial charge in [0.2, 0.25) is 0 Å². The monoisotopic (exact) mass is 401 g/mol. The summed E-state index contributed by atoms with van der Waals surface area (Å²) in [7, 11) is 0. The maximum Gasteiger partial charge on any atom is 0.410 e. The van der Waals surface area contributed by atoms with Crippen LogP contribution in [0.3, 0.4) is 0 Å². The largest absolute Gasteiger partial charge is 0.410 e. The topological polar surface area (TPSA) is 71.8 Å². The van der Waals surface area contributed by atoms with Crippen molar-refractivity contribution in [3.63, 3.8) is 0 Å². The zero-order chi connectivity index (χ0) is 20.4. The van der Waals surface area contributed by atoms with Gasteiger partial charge in [-0.3, -0.25) is 9.78 Å². The van der Waals surface area contributed by atoms with Gasteiger partial charge in [0.15, 0.2) is 6.04 Å². The molecule has 2 atom stereocenters. The molecule has 0 saturated heterocycles. The Bertz CT molecular complexity index is 988. The Labute approximate surface area is 164 Å². The molecule has 0 radical (unpaired) electrons. The van der Waals surface area contributed by atoms with Crippen LogP contribution in [0.2, 0.25) is 0 Å². The predicted octanol–water partition coefficient (Wildman–Crippen LogP) is 3.87. The molecule has 0 bridgehead atoms. The Morgan fingerprint density at radius 3 is 2.62 bits per heavy atom. The van der Waals surface area contributed by atoms with Gasteiger partial charge in [-0.15, -0.1) is 0 Å². The number of fused-ring (bicyclic) bond motifs is 1. The molecule has 2 N–H and O–H groups in total. The number of pyridine rings is 1. The van der Waals surface area contributed by atoms with Gasteiger partial charge >= 0.3 is 6.18 Å². The molecular weight excluding hydrogens is 383 g/mol. The molecule has 0 saturated carbocycles. The van der Waals surface area contributed by atoms with Crippen LogP contribution in [0.15, 0.2) is 60.9 Å². The van der Waals surface area contributed by atoms with Crippen molar-refractivity contribution in [2.45, 2.75) is 31.2 Å². The molecule has 0 spiro atoms. The number of carbonyl (C=O) groups is 1. The van der Waals surface area contributed by atoms with E-state index >= 15 is 0 Å². The number of nitrogens with zero attached hydrogens (tertiary/aromatic N) is 3. The van der Waals surface area contributed by atoms with Crippen LogP contribution < -0.4 is 10.6 Å². The molecule has 4 rings (SSSR count). The lowest BCUT2D eigenvalue weighted by molar-refractivity contribution is -0.173. The first kappa shape index (κ1) is 19.0. The van der Waals surface area contributed by atoms with Crippen molar-refractivity contribution in [1.82, 2.24) is 20.1 Å². The second-order valence-corrected chi connectivity index (χ2v) is 6.76. The summed E-state index contributed by atoms with van der Waals surface area (Å²) in [5.74, 6) is -0.454. The number of anilines is 1. The lowest BCUT2D eigenvalue weighted by Gasteiger charge is -2.34. The van der Waals surface area contributed by atoms with E-state index in [1.165, 1.54) is 6.20 Å². The van der Waals surface area contributed by atoms with Gasteiger partial charge in [-0.2, -0.15) is 18.3 Å². The second-order valence-electron chi connectivity index (χ2n) is 6.76. The minimum atomic E-state index is -4.49. The zero-order valence-electron chi connectivity index (χ0n) is 15.2. The highest BCUT2D eigenvalue weighted by molar-refractivity contribution is 5.98. The third-order valence-electron chi connectivity index (χ3n) is 4.84. The van der Waals surface area contributed by atoms with Gasteiger partial charge in [0.1, 0.15) is 11.4 Å². The first-order valence-corrected chi connectivity index (χ1v) is 9.07. The van der Waals surface area contributed by atoms with E-state index in [9.17, 15) is 18.0 Å². The number of amides is 1. The van der Waals surface area contributed by atoms with Crippen molar-refractivity contribution in [3.05, 3.63) is 77.7 Å². The molecule has 0 aliphatic carbocycles. The highest BCUT2D eigenvalue weighted by atomic mass is 19.4. The number of rotatable bonds is 4. The van der Waals surface area contributed by atoms with Gasteiger partial charge in [0.05, 0.1) is 24.5 Å². The molecule has 0 unspecified atom stereocenters. The molecule has 150 valence electrons. The molecule has 1 aromatic carbocycles. The number of alkyl halides is 3. The van der Waals surface area contributed by atoms with Crippen LogP contribution in [-0.2, 0) is 6.54 Å². The molecule has 1 aliphatic heterocycles. The van der Waals surface area contributed by atoms with E-state index in [1.54, 1.807) is 54.7 Å². The van der Waals surface area contributed by atoms with E-state index in [0.717, 1.165) is 4.68 Å². The molecule has 29 heavy (non-hydrogen) atoms. The molecule has 6 nitrogen and oxygen atoms in total. The highest BCUT2D eigenvalue weighted by Crippen LogP contribution is 2.44. The first-order chi connectivity index (χ1) is 13.9. The number of halogens is 3. The minimum Gasteiger partial charge on any atom is -0.363 e. The van der Waals surface area contributed by atoms with Crippen molar-refractivity contribution < 1.29 is 18.0 Å². The Hall–Kier alpha value is -3.36. The highest BCUT2D eigenvalue weighted by Gasteiger charge is 2.47.